The molecule has 5 heteroatoms. The number of nitrogens with two attached hydrogens (primary N) is 1. The van der Waals surface area contributed by atoms with Crippen LogP contribution in [0.4, 0.5) is 0 Å². The van der Waals surface area contributed by atoms with Gasteiger partial charge in [-0.2, -0.15) is 0 Å². The lowest BCUT2D eigenvalue weighted by molar-refractivity contribution is -0.268. The van der Waals surface area contributed by atoms with Crippen LogP contribution in [0.2, 0.25) is 0 Å². The summed E-state index contributed by atoms with van der Waals surface area (Å²) in [4.78, 5) is 0. The van der Waals surface area contributed by atoms with Crippen LogP contribution in [-0.2, 0) is 4.74 Å². The zero-order valence-electron chi connectivity index (χ0n) is 8.39. The van der Waals surface area contributed by atoms with Crippen LogP contribution in [0.15, 0.2) is 0 Å². The number of ether oxygens (including phenoxy) is 1. The van der Waals surface area contributed by atoms with Crippen molar-refractivity contribution in [2.24, 2.45) is 5.73 Å². The molecular weight excluding hydrogens is 186 g/mol. The molecule has 5 nitrogen and oxygen atoms in total. The minimum absolute atomic E-state index is 0.0603. The van der Waals surface area contributed by atoms with Crippen molar-refractivity contribution in [2.45, 2.75) is 50.2 Å². The molecule has 1 fully saturated rings. The van der Waals surface area contributed by atoms with Gasteiger partial charge in [-0.3, -0.25) is 0 Å². The summed E-state index contributed by atoms with van der Waals surface area (Å²) in [6.07, 6.45) is 0.0962. The van der Waals surface area contributed by atoms with Crippen LogP contribution in [-0.4, -0.2) is 46.0 Å². The number of rotatable bonds is 3. The third kappa shape index (κ3) is 2.90. The zero-order valence-corrected chi connectivity index (χ0v) is 8.39. The Kier molecular flexibility index (Phi) is 3.86. The van der Waals surface area contributed by atoms with Gasteiger partial charge in [0.1, 0.15) is 0 Å². The van der Waals surface area contributed by atoms with Crippen molar-refractivity contribution in [1.82, 2.24) is 0 Å². The van der Waals surface area contributed by atoms with Crippen LogP contribution < -0.4 is 5.73 Å². The van der Waals surface area contributed by atoms with Crippen LogP contribution in [0.5, 0.6) is 0 Å². The number of aliphatic hydroxyl groups excluding tert-OH is 2. The molecule has 1 rings (SSSR count). The minimum atomic E-state index is -1.31. The third-order valence-electron chi connectivity index (χ3n) is 2.51. The molecule has 0 spiro atoms. The third-order valence-corrected chi connectivity index (χ3v) is 2.51. The first-order chi connectivity index (χ1) is 6.46. The lowest BCUT2D eigenvalue weighted by atomic mass is 9.92. The van der Waals surface area contributed by atoms with Gasteiger partial charge in [0.05, 0.1) is 18.2 Å². The molecule has 1 saturated heterocycles. The summed E-state index contributed by atoms with van der Waals surface area (Å²) in [5, 5.41) is 27.8. The van der Waals surface area contributed by atoms with Gasteiger partial charge in [-0.15, -0.1) is 0 Å². The van der Waals surface area contributed by atoms with Gasteiger partial charge in [0.25, 0.3) is 0 Å². The van der Waals surface area contributed by atoms with E-state index in [1.54, 1.807) is 0 Å². The summed E-state index contributed by atoms with van der Waals surface area (Å²) < 4.78 is 5.32. The Morgan fingerprint density at radius 2 is 2.21 bits per heavy atom. The molecule has 0 aromatic rings. The second-order valence-electron chi connectivity index (χ2n) is 4.05. The summed E-state index contributed by atoms with van der Waals surface area (Å²) in [6, 6.07) is -0.484. The first-order valence-corrected chi connectivity index (χ1v) is 4.91. The summed E-state index contributed by atoms with van der Waals surface area (Å²) >= 11 is 0. The normalized spacial score (nSPS) is 43.9. The Morgan fingerprint density at radius 1 is 1.57 bits per heavy atom. The summed E-state index contributed by atoms with van der Waals surface area (Å²) in [5.74, 6) is -1.31. The van der Waals surface area contributed by atoms with Crippen molar-refractivity contribution in [1.29, 1.82) is 0 Å². The van der Waals surface area contributed by atoms with E-state index in [2.05, 4.69) is 0 Å². The van der Waals surface area contributed by atoms with Crippen LogP contribution in [0.3, 0.4) is 0 Å². The van der Waals surface area contributed by atoms with Crippen LogP contribution in [0, 0.1) is 0 Å². The van der Waals surface area contributed by atoms with Gasteiger partial charge in [0.15, 0.2) is 5.79 Å². The number of hydrogen-bond acceptors (Lipinski definition) is 5. The van der Waals surface area contributed by atoms with Gasteiger partial charge in [0.2, 0.25) is 0 Å². The molecule has 0 bridgehead atoms. The predicted molar refractivity (Wildman–Crippen MR) is 50.4 cm³/mol. The zero-order chi connectivity index (χ0) is 10.8. The van der Waals surface area contributed by atoms with Crippen molar-refractivity contribution in [3.05, 3.63) is 0 Å². The molecule has 0 aromatic carbocycles. The average molecular weight is 205 g/mol. The van der Waals surface area contributed by atoms with Crippen LogP contribution >= 0.6 is 0 Å². The second-order valence-corrected chi connectivity index (χ2v) is 4.05. The molecule has 4 unspecified atom stereocenters. The fourth-order valence-electron chi connectivity index (χ4n) is 1.77. The van der Waals surface area contributed by atoms with E-state index in [-0.39, 0.29) is 19.1 Å². The Morgan fingerprint density at radius 3 is 2.79 bits per heavy atom. The number of aliphatic hydroxyl groups is 3. The SMILES string of the molecule is CC1(O)CC(O)C(N)C(CCCO)O1. The smallest absolute Gasteiger partial charge is 0.165 e. The van der Waals surface area contributed by atoms with Gasteiger partial charge in [0, 0.05) is 13.0 Å². The molecule has 1 aliphatic rings. The highest BCUT2D eigenvalue weighted by atomic mass is 16.6. The summed E-state index contributed by atoms with van der Waals surface area (Å²) in [7, 11) is 0. The van der Waals surface area contributed by atoms with Gasteiger partial charge in [-0.25, -0.2) is 0 Å². The standard InChI is InChI=1S/C9H19NO4/c1-9(13)5-6(12)8(10)7(14-9)3-2-4-11/h6-8,11-13H,2-5,10H2,1H3. The van der Waals surface area contributed by atoms with Crippen LogP contribution in [0.25, 0.3) is 0 Å². The molecule has 4 atom stereocenters. The van der Waals surface area contributed by atoms with E-state index in [1.807, 2.05) is 0 Å². The quantitative estimate of drug-likeness (QED) is 0.471. The molecule has 1 heterocycles. The maximum atomic E-state index is 9.63. The second kappa shape index (κ2) is 4.55. The van der Waals surface area contributed by atoms with Gasteiger partial charge >= 0.3 is 0 Å². The van der Waals surface area contributed by atoms with E-state index in [0.717, 1.165) is 0 Å². The molecule has 5 N–H and O–H groups in total. The highest BCUT2D eigenvalue weighted by molar-refractivity contribution is 4.89. The van der Waals surface area contributed by atoms with E-state index < -0.39 is 17.9 Å². The Hall–Kier alpha value is -0.200. The van der Waals surface area contributed by atoms with Crippen molar-refractivity contribution < 1.29 is 20.1 Å². The Bertz CT molecular complexity index is 186. The number of hydrogen-bond donors (Lipinski definition) is 4. The van der Waals surface area contributed by atoms with Crippen molar-refractivity contribution in [2.75, 3.05) is 6.61 Å². The fraction of sp³-hybridized carbons (Fsp3) is 1.00. The largest absolute Gasteiger partial charge is 0.396 e. The molecule has 0 aliphatic carbocycles. The predicted octanol–water partition coefficient (Wildman–Crippen LogP) is -1.06. The topological polar surface area (TPSA) is 95.9 Å². The lowest BCUT2D eigenvalue weighted by Gasteiger charge is -2.41. The summed E-state index contributed by atoms with van der Waals surface area (Å²) in [6.45, 7) is 1.57. The molecule has 0 amide bonds. The maximum absolute atomic E-state index is 9.63. The van der Waals surface area contributed by atoms with Crippen molar-refractivity contribution >= 4 is 0 Å². The van der Waals surface area contributed by atoms with Crippen molar-refractivity contribution in [3.8, 4) is 0 Å². The van der Waals surface area contributed by atoms with E-state index in [1.165, 1.54) is 6.92 Å². The minimum Gasteiger partial charge on any atom is -0.396 e. The molecule has 84 valence electrons. The molecule has 1 aliphatic heterocycles. The first kappa shape index (κ1) is 11.9. The Labute approximate surface area is 83.5 Å². The highest BCUT2D eigenvalue weighted by Gasteiger charge is 2.40. The van der Waals surface area contributed by atoms with Crippen LogP contribution in [0.1, 0.15) is 26.2 Å². The molecular formula is C9H19NO4. The van der Waals surface area contributed by atoms with E-state index in [4.69, 9.17) is 15.6 Å². The molecule has 14 heavy (non-hydrogen) atoms. The van der Waals surface area contributed by atoms with E-state index >= 15 is 0 Å². The monoisotopic (exact) mass is 205 g/mol. The highest BCUT2D eigenvalue weighted by Crippen LogP contribution is 2.27. The van der Waals surface area contributed by atoms with Gasteiger partial charge in [-0.1, -0.05) is 0 Å². The van der Waals surface area contributed by atoms with E-state index in [0.29, 0.717) is 12.8 Å². The molecule has 0 aromatic heterocycles. The maximum Gasteiger partial charge on any atom is 0.165 e. The first-order valence-electron chi connectivity index (χ1n) is 4.91. The van der Waals surface area contributed by atoms with Gasteiger partial charge < -0.3 is 25.8 Å². The van der Waals surface area contributed by atoms with Crippen molar-refractivity contribution in [3.63, 3.8) is 0 Å². The average Bonchev–Trinajstić information content (AvgIpc) is 2.08. The Balaban J connectivity index is 2.54. The lowest BCUT2D eigenvalue weighted by Crippen LogP contribution is -2.57. The molecule has 0 radical (unpaired) electrons. The van der Waals surface area contributed by atoms with Gasteiger partial charge in [-0.05, 0) is 19.8 Å². The molecule has 0 saturated carbocycles. The summed E-state index contributed by atoms with van der Waals surface area (Å²) in [5.41, 5.74) is 5.72. The van der Waals surface area contributed by atoms with E-state index in [9.17, 15) is 10.2 Å². The fourth-order valence-corrected chi connectivity index (χ4v) is 1.77.